The van der Waals surface area contributed by atoms with Crippen LogP contribution in [0.25, 0.3) is 0 Å². The molecule has 0 spiro atoms. The number of benzene rings is 2. The van der Waals surface area contributed by atoms with Crippen LogP contribution in [0.1, 0.15) is 36.6 Å². The van der Waals surface area contributed by atoms with E-state index in [1.807, 2.05) is 0 Å². The maximum Gasteiger partial charge on any atom is 0.338 e. The van der Waals surface area contributed by atoms with Crippen molar-refractivity contribution >= 4 is 17.9 Å². The molecule has 0 heterocycles. The van der Waals surface area contributed by atoms with Gasteiger partial charge in [0, 0.05) is 0 Å². The van der Waals surface area contributed by atoms with E-state index in [1.165, 1.54) is 38.5 Å². The molecule has 2 aromatic rings. The maximum absolute atomic E-state index is 12.0. The van der Waals surface area contributed by atoms with Crippen molar-refractivity contribution in [2.75, 3.05) is 14.2 Å². The van der Waals surface area contributed by atoms with Crippen molar-refractivity contribution in [3.8, 4) is 0 Å². The quantitative estimate of drug-likeness (QED) is 0.620. The number of esters is 3. The highest BCUT2D eigenvalue weighted by Gasteiger charge is 2.11. The molecule has 2 aromatic carbocycles. The monoisotopic (exact) mass is 328 g/mol. The Hall–Kier alpha value is -3.15. The van der Waals surface area contributed by atoms with Gasteiger partial charge >= 0.3 is 17.9 Å². The first-order chi connectivity index (χ1) is 11.5. The van der Waals surface area contributed by atoms with Crippen molar-refractivity contribution in [1.82, 2.24) is 0 Å². The van der Waals surface area contributed by atoms with Crippen LogP contribution in [0.2, 0.25) is 0 Å². The van der Waals surface area contributed by atoms with E-state index in [4.69, 9.17) is 4.74 Å². The van der Waals surface area contributed by atoms with E-state index in [9.17, 15) is 14.4 Å². The number of carbonyl (C=O) groups is 3. The Bertz CT molecular complexity index is 731. The maximum atomic E-state index is 12.0. The zero-order valence-electron chi connectivity index (χ0n) is 13.3. The molecule has 6 heteroatoms. The van der Waals surface area contributed by atoms with Gasteiger partial charge in [0.25, 0.3) is 0 Å². The fourth-order valence-electron chi connectivity index (χ4n) is 1.95. The third-order valence-electron chi connectivity index (χ3n) is 3.29. The summed E-state index contributed by atoms with van der Waals surface area (Å²) >= 11 is 0. The van der Waals surface area contributed by atoms with E-state index in [0.29, 0.717) is 16.7 Å². The average molecular weight is 328 g/mol. The molecule has 0 amide bonds. The molecule has 0 atom stereocenters. The lowest BCUT2D eigenvalue weighted by atomic mass is 10.1. The second kappa shape index (κ2) is 7.92. The lowest BCUT2D eigenvalue weighted by molar-refractivity contribution is 0.0470. The molecule has 0 unspecified atom stereocenters. The standard InChI is InChI=1S/C18H16O6/c1-22-16(19)13-5-3-12(4-6-13)11-24-18(21)15-9-7-14(8-10-15)17(20)23-2/h3-10H,11H2,1-2H3. The topological polar surface area (TPSA) is 78.9 Å². The Kier molecular flexibility index (Phi) is 5.68. The summed E-state index contributed by atoms with van der Waals surface area (Å²) in [5, 5.41) is 0. The van der Waals surface area contributed by atoms with Gasteiger partial charge in [0.2, 0.25) is 0 Å². The molecule has 24 heavy (non-hydrogen) atoms. The summed E-state index contributed by atoms with van der Waals surface area (Å²) in [5.41, 5.74) is 1.84. The molecule has 0 bridgehead atoms. The molecule has 0 saturated carbocycles. The number of hydrogen-bond acceptors (Lipinski definition) is 6. The van der Waals surface area contributed by atoms with E-state index < -0.39 is 17.9 Å². The van der Waals surface area contributed by atoms with Gasteiger partial charge in [-0.1, -0.05) is 12.1 Å². The first kappa shape index (κ1) is 17.2. The molecule has 0 radical (unpaired) electrons. The number of hydrogen-bond donors (Lipinski definition) is 0. The van der Waals surface area contributed by atoms with E-state index >= 15 is 0 Å². The van der Waals surface area contributed by atoms with Gasteiger partial charge in [0.15, 0.2) is 0 Å². The zero-order valence-corrected chi connectivity index (χ0v) is 13.3. The van der Waals surface area contributed by atoms with Gasteiger partial charge in [-0.25, -0.2) is 14.4 Å². The smallest absolute Gasteiger partial charge is 0.338 e. The van der Waals surface area contributed by atoms with Crippen LogP contribution in [0.4, 0.5) is 0 Å². The highest BCUT2D eigenvalue weighted by Crippen LogP contribution is 2.10. The van der Waals surface area contributed by atoms with Gasteiger partial charge in [-0.05, 0) is 42.0 Å². The van der Waals surface area contributed by atoms with Gasteiger partial charge in [0.05, 0.1) is 30.9 Å². The first-order valence-corrected chi connectivity index (χ1v) is 7.08. The summed E-state index contributed by atoms with van der Waals surface area (Å²) in [4.78, 5) is 34.6. The van der Waals surface area contributed by atoms with Crippen LogP contribution in [0.3, 0.4) is 0 Å². The van der Waals surface area contributed by atoms with Crippen molar-refractivity contribution in [3.05, 3.63) is 70.8 Å². The van der Waals surface area contributed by atoms with Crippen molar-refractivity contribution in [2.24, 2.45) is 0 Å². The van der Waals surface area contributed by atoms with Crippen LogP contribution in [0.5, 0.6) is 0 Å². The Morgan fingerprint density at radius 2 is 1.04 bits per heavy atom. The molecule has 2 rings (SSSR count). The molecule has 0 fully saturated rings. The van der Waals surface area contributed by atoms with Gasteiger partial charge < -0.3 is 14.2 Å². The second-order valence-electron chi connectivity index (χ2n) is 4.83. The Morgan fingerprint density at radius 3 is 1.46 bits per heavy atom. The van der Waals surface area contributed by atoms with E-state index in [0.717, 1.165) is 5.56 Å². The Morgan fingerprint density at radius 1 is 0.667 bits per heavy atom. The van der Waals surface area contributed by atoms with E-state index in [1.54, 1.807) is 24.3 Å². The SMILES string of the molecule is COC(=O)c1ccc(COC(=O)c2ccc(C(=O)OC)cc2)cc1. The molecule has 6 nitrogen and oxygen atoms in total. The number of ether oxygens (including phenoxy) is 3. The van der Waals surface area contributed by atoms with Crippen LogP contribution >= 0.6 is 0 Å². The molecule has 0 saturated heterocycles. The summed E-state index contributed by atoms with van der Waals surface area (Å²) in [5.74, 6) is -1.41. The number of carbonyl (C=O) groups excluding carboxylic acids is 3. The number of rotatable bonds is 5. The van der Waals surface area contributed by atoms with Crippen molar-refractivity contribution in [3.63, 3.8) is 0 Å². The molecule has 0 aliphatic carbocycles. The first-order valence-electron chi connectivity index (χ1n) is 7.08. The number of methoxy groups -OCH3 is 2. The highest BCUT2D eigenvalue weighted by atomic mass is 16.5. The average Bonchev–Trinajstić information content (AvgIpc) is 2.65. The van der Waals surface area contributed by atoms with Crippen LogP contribution in [-0.2, 0) is 20.8 Å². The molecular weight excluding hydrogens is 312 g/mol. The third-order valence-corrected chi connectivity index (χ3v) is 3.29. The summed E-state index contributed by atoms with van der Waals surface area (Å²) in [6, 6.07) is 12.5. The van der Waals surface area contributed by atoms with Crippen LogP contribution < -0.4 is 0 Å². The summed E-state index contributed by atoms with van der Waals surface area (Å²) in [6.45, 7) is 0.0685. The molecular formula is C18H16O6. The molecule has 124 valence electrons. The fraction of sp³-hybridized carbons (Fsp3) is 0.167. The van der Waals surface area contributed by atoms with Crippen LogP contribution in [0, 0.1) is 0 Å². The van der Waals surface area contributed by atoms with Crippen molar-refractivity contribution in [2.45, 2.75) is 6.61 Å². The minimum atomic E-state index is -0.511. The summed E-state index contributed by atoms with van der Waals surface area (Å²) < 4.78 is 14.4. The zero-order chi connectivity index (χ0) is 17.5. The minimum absolute atomic E-state index is 0.0685. The van der Waals surface area contributed by atoms with Gasteiger partial charge in [0.1, 0.15) is 6.61 Å². The predicted octanol–water partition coefficient (Wildman–Crippen LogP) is 2.62. The molecule has 0 N–H and O–H groups in total. The fourth-order valence-corrected chi connectivity index (χ4v) is 1.95. The molecule has 0 aliphatic rings. The van der Waals surface area contributed by atoms with Gasteiger partial charge in [-0.2, -0.15) is 0 Å². The largest absolute Gasteiger partial charge is 0.465 e. The minimum Gasteiger partial charge on any atom is -0.465 e. The lowest BCUT2D eigenvalue weighted by Gasteiger charge is -2.06. The normalized spacial score (nSPS) is 9.92. The van der Waals surface area contributed by atoms with Crippen LogP contribution in [-0.4, -0.2) is 32.1 Å². The molecule has 0 aliphatic heterocycles. The van der Waals surface area contributed by atoms with E-state index in [-0.39, 0.29) is 6.61 Å². The van der Waals surface area contributed by atoms with Crippen molar-refractivity contribution < 1.29 is 28.6 Å². The van der Waals surface area contributed by atoms with Crippen LogP contribution in [0.15, 0.2) is 48.5 Å². The summed E-state index contributed by atoms with van der Waals surface area (Å²) in [6.07, 6.45) is 0. The highest BCUT2D eigenvalue weighted by molar-refractivity contribution is 5.93. The molecule has 0 aromatic heterocycles. The lowest BCUT2D eigenvalue weighted by Crippen LogP contribution is -2.07. The van der Waals surface area contributed by atoms with E-state index in [2.05, 4.69) is 9.47 Å². The summed E-state index contributed by atoms with van der Waals surface area (Å²) in [7, 11) is 2.60. The Balaban J connectivity index is 1.95. The van der Waals surface area contributed by atoms with Gasteiger partial charge in [-0.3, -0.25) is 0 Å². The Labute approximate surface area is 139 Å². The predicted molar refractivity (Wildman–Crippen MR) is 84.7 cm³/mol. The third kappa shape index (κ3) is 4.19. The van der Waals surface area contributed by atoms with Gasteiger partial charge in [-0.15, -0.1) is 0 Å². The van der Waals surface area contributed by atoms with Crippen molar-refractivity contribution in [1.29, 1.82) is 0 Å². The second-order valence-corrected chi connectivity index (χ2v) is 4.83.